The van der Waals surface area contributed by atoms with Crippen LogP contribution in [0, 0.1) is 0 Å². The Kier molecular flexibility index (Phi) is 3.97. The van der Waals surface area contributed by atoms with Crippen LogP contribution in [0.4, 0.5) is 0 Å². The maximum Gasteiger partial charge on any atom is 0.347 e. The van der Waals surface area contributed by atoms with E-state index < -0.39 is 0 Å². The van der Waals surface area contributed by atoms with Crippen molar-refractivity contribution < 1.29 is 4.42 Å². The van der Waals surface area contributed by atoms with E-state index in [1.807, 2.05) is 91.0 Å². The van der Waals surface area contributed by atoms with Gasteiger partial charge in [-0.05, 0) is 17.7 Å². The molecule has 0 aliphatic rings. The van der Waals surface area contributed by atoms with Crippen LogP contribution < -0.4 is 5.63 Å². The molecule has 0 N–H and O–H groups in total. The summed E-state index contributed by atoms with van der Waals surface area (Å²) in [4.78, 5) is 17.5. The van der Waals surface area contributed by atoms with E-state index in [-0.39, 0.29) is 5.63 Å². The number of hydrogen-bond acceptors (Lipinski definition) is 3. The molecule has 0 spiro atoms. The van der Waals surface area contributed by atoms with Gasteiger partial charge in [0.25, 0.3) is 0 Å². The van der Waals surface area contributed by atoms with E-state index in [0.717, 1.165) is 16.7 Å². The molecule has 1 aromatic heterocycles. The summed E-state index contributed by atoms with van der Waals surface area (Å²) in [6.45, 7) is 0. The van der Waals surface area contributed by atoms with Gasteiger partial charge in [0.2, 0.25) is 5.89 Å². The van der Waals surface area contributed by atoms with E-state index >= 15 is 0 Å². The molecular formula is C22H15NO2. The number of aromatic nitrogens is 1. The topological polar surface area (TPSA) is 43.1 Å². The van der Waals surface area contributed by atoms with Gasteiger partial charge in [0, 0.05) is 11.1 Å². The first-order chi connectivity index (χ1) is 12.3. The van der Waals surface area contributed by atoms with E-state index in [4.69, 9.17) is 4.42 Å². The zero-order valence-electron chi connectivity index (χ0n) is 13.4. The summed E-state index contributed by atoms with van der Waals surface area (Å²) in [6.07, 6.45) is 0. The fraction of sp³-hybridized carbons (Fsp3) is 0. The minimum absolute atomic E-state index is 0.323. The molecule has 0 fully saturated rings. The molecule has 0 unspecified atom stereocenters. The van der Waals surface area contributed by atoms with Crippen LogP contribution in [0.25, 0.3) is 33.8 Å². The van der Waals surface area contributed by atoms with Crippen molar-refractivity contribution in [3.05, 3.63) is 101 Å². The SMILES string of the molecule is O=c1oc(-c2ccccc2)nc(-c2ccccc2)c1-c1ccccc1. The van der Waals surface area contributed by atoms with Crippen molar-refractivity contribution in [1.82, 2.24) is 4.98 Å². The van der Waals surface area contributed by atoms with Crippen molar-refractivity contribution in [3.8, 4) is 33.8 Å². The van der Waals surface area contributed by atoms with Gasteiger partial charge in [-0.15, -0.1) is 0 Å². The third-order valence-corrected chi connectivity index (χ3v) is 3.97. The molecule has 0 aliphatic heterocycles. The highest BCUT2D eigenvalue weighted by Crippen LogP contribution is 2.30. The average Bonchev–Trinajstić information content (AvgIpc) is 2.69. The largest absolute Gasteiger partial charge is 0.403 e. The van der Waals surface area contributed by atoms with Gasteiger partial charge >= 0.3 is 5.63 Å². The van der Waals surface area contributed by atoms with Gasteiger partial charge in [0.15, 0.2) is 0 Å². The Bertz CT molecular complexity index is 1040. The summed E-state index contributed by atoms with van der Waals surface area (Å²) in [6, 6.07) is 28.6. The summed E-state index contributed by atoms with van der Waals surface area (Å²) < 4.78 is 5.54. The van der Waals surface area contributed by atoms with Gasteiger partial charge in [0.1, 0.15) is 0 Å². The summed E-state index contributed by atoms with van der Waals surface area (Å²) in [5.74, 6) is 0.323. The molecule has 3 aromatic carbocycles. The molecular weight excluding hydrogens is 310 g/mol. The average molecular weight is 325 g/mol. The third-order valence-electron chi connectivity index (χ3n) is 3.97. The fourth-order valence-corrected chi connectivity index (χ4v) is 2.78. The van der Waals surface area contributed by atoms with E-state index in [0.29, 0.717) is 17.1 Å². The van der Waals surface area contributed by atoms with Crippen molar-refractivity contribution >= 4 is 0 Å². The van der Waals surface area contributed by atoms with Gasteiger partial charge < -0.3 is 4.42 Å². The minimum Gasteiger partial charge on any atom is -0.403 e. The molecule has 120 valence electrons. The van der Waals surface area contributed by atoms with Crippen LogP contribution in [0.5, 0.6) is 0 Å². The van der Waals surface area contributed by atoms with Crippen LogP contribution >= 0.6 is 0 Å². The molecule has 3 heteroatoms. The molecule has 0 aliphatic carbocycles. The van der Waals surface area contributed by atoms with E-state index in [2.05, 4.69) is 4.98 Å². The summed E-state index contributed by atoms with van der Waals surface area (Å²) in [5.41, 5.74) is 3.16. The van der Waals surface area contributed by atoms with Crippen molar-refractivity contribution in [2.45, 2.75) is 0 Å². The molecule has 3 nitrogen and oxygen atoms in total. The molecule has 0 saturated heterocycles. The summed E-state index contributed by atoms with van der Waals surface area (Å²) in [7, 11) is 0. The Morgan fingerprint density at radius 3 is 1.64 bits per heavy atom. The summed E-state index contributed by atoms with van der Waals surface area (Å²) >= 11 is 0. The minimum atomic E-state index is -0.390. The predicted octanol–water partition coefficient (Wildman–Crippen LogP) is 5.04. The van der Waals surface area contributed by atoms with E-state index in [9.17, 15) is 4.79 Å². The normalized spacial score (nSPS) is 10.6. The predicted molar refractivity (Wildman–Crippen MR) is 99.1 cm³/mol. The van der Waals surface area contributed by atoms with Crippen LogP contribution in [-0.4, -0.2) is 4.98 Å². The molecule has 0 amide bonds. The van der Waals surface area contributed by atoms with Crippen LogP contribution in [0.1, 0.15) is 0 Å². The summed E-state index contributed by atoms with van der Waals surface area (Å²) in [5, 5.41) is 0. The van der Waals surface area contributed by atoms with Crippen LogP contribution in [0.3, 0.4) is 0 Å². The van der Waals surface area contributed by atoms with Crippen LogP contribution in [-0.2, 0) is 0 Å². The van der Waals surface area contributed by atoms with Gasteiger partial charge in [-0.3, -0.25) is 0 Å². The Morgan fingerprint density at radius 1 is 0.600 bits per heavy atom. The van der Waals surface area contributed by atoms with Gasteiger partial charge in [-0.1, -0.05) is 78.9 Å². The molecule has 0 atom stereocenters. The van der Waals surface area contributed by atoms with Crippen molar-refractivity contribution in [3.63, 3.8) is 0 Å². The van der Waals surface area contributed by atoms with E-state index in [1.54, 1.807) is 0 Å². The molecule has 4 aromatic rings. The van der Waals surface area contributed by atoms with Gasteiger partial charge in [0.05, 0.1) is 11.3 Å². The van der Waals surface area contributed by atoms with Crippen molar-refractivity contribution in [2.24, 2.45) is 0 Å². The first kappa shape index (κ1) is 15.1. The Balaban J connectivity index is 2.01. The van der Waals surface area contributed by atoms with Crippen LogP contribution in [0.15, 0.2) is 100 Å². The maximum atomic E-state index is 12.8. The molecule has 0 radical (unpaired) electrons. The Morgan fingerprint density at radius 2 is 1.08 bits per heavy atom. The monoisotopic (exact) mass is 325 g/mol. The lowest BCUT2D eigenvalue weighted by molar-refractivity contribution is 0.511. The number of hydrogen-bond donors (Lipinski definition) is 0. The van der Waals surface area contributed by atoms with E-state index in [1.165, 1.54) is 0 Å². The highest BCUT2D eigenvalue weighted by atomic mass is 16.4. The molecule has 1 heterocycles. The van der Waals surface area contributed by atoms with Gasteiger partial charge in [-0.25, -0.2) is 9.78 Å². The van der Waals surface area contributed by atoms with Crippen molar-refractivity contribution in [2.75, 3.05) is 0 Å². The number of benzene rings is 3. The number of nitrogens with zero attached hydrogens (tertiary/aromatic N) is 1. The molecule has 25 heavy (non-hydrogen) atoms. The smallest absolute Gasteiger partial charge is 0.347 e. The Hall–Kier alpha value is -3.46. The first-order valence-corrected chi connectivity index (χ1v) is 8.04. The third kappa shape index (κ3) is 3.00. The lowest BCUT2D eigenvalue weighted by Gasteiger charge is -2.10. The van der Waals surface area contributed by atoms with Gasteiger partial charge in [-0.2, -0.15) is 0 Å². The second-order valence-corrected chi connectivity index (χ2v) is 5.63. The number of rotatable bonds is 3. The van der Waals surface area contributed by atoms with Crippen molar-refractivity contribution in [1.29, 1.82) is 0 Å². The standard InChI is InChI=1S/C22H15NO2/c24-22-19(16-10-4-1-5-11-16)20(17-12-6-2-7-13-17)23-21(25-22)18-14-8-3-9-15-18/h1-15H. The molecule has 4 rings (SSSR count). The zero-order chi connectivity index (χ0) is 17.1. The first-order valence-electron chi connectivity index (χ1n) is 8.04. The highest BCUT2D eigenvalue weighted by molar-refractivity contribution is 5.80. The second kappa shape index (κ2) is 6.57. The highest BCUT2D eigenvalue weighted by Gasteiger charge is 2.17. The zero-order valence-corrected chi connectivity index (χ0v) is 13.4. The molecule has 0 saturated carbocycles. The Labute approximate surface area is 145 Å². The lowest BCUT2D eigenvalue weighted by atomic mass is 10.0. The fourth-order valence-electron chi connectivity index (χ4n) is 2.78. The second-order valence-electron chi connectivity index (χ2n) is 5.63. The molecule has 0 bridgehead atoms. The maximum absolute atomic E-state index is 12.8. The lowest BCUT2D eigenvalue weighted by Crippen LogP contribution is -2.08. The van der Waals surface area contributed by atoms with Crippen LogP contribution in [0.2, 0.25) is 0 Å². The quantitative estimate of drug-likeness (QED) is 0.530.